The highest BCUT2D eigenvalue weighted by molar-refractivity contribution is 5.87. The second-order valence-corrected chi connectivity index (χ2v) is 3.60. The van der Waals surface area contributed by atoms with Crippen molar-refractivity contribution < 1.29 is 19.5 Å². The molecule has 7 heteroatoms. The Morgan fingerprint density at radius 1 is 1.18 bits per heavy atom. The van der Waals surface area contributed by atoms with Gasteiger partial charge in [0.1, 0.15) is 6.54 Å². The number of carbonyl (C=O) groups excluding carboxylic acids is 2. The van der Waals surface area contributed by atoms with Crippen molar-refractivity contribution in [3.8, 4) is 0 Å². The van der Waals surface area contributed by atoms with Crippen LogP contribution in [-0.4, -0.2) is 49.1 Å². The summed E-state index contributed by atoms with van der Waals surface area (Å²) in [5.74, 6) is -2.11. The van der Waals surface area contributed by atoms with Gasteiger partial charge in [-0.15, -0.1) is 0 Å². The molecule has 2 amide bonds. The van der Waals surface area contributed by atoms with E-state index in [-0.39, 0.29) is 18.4 Å². The SMILES string of the molecule is CCNCC(C)C(=O)NCC(=O)NCC(=O)O. The van der Waals surface area contributed by atoms with Crippen molar-refractivity contribution in [1.29, 1.82) is 0 Å². The van der Waals surface area contributed by atoms with Gasteiger partial charge >= 0.3 is 5.97 Å². The molecule has 0 radical (unpaired) electrons. The average molecular weight is 245 g/mol. The van der Waals surface area contributed by atoms with Gasteiger partial charge in [0.05, 0.1) is 6.54 Å². The molecule has 7 nitrogen and oxygen atoms in total. The second kappa shape index (κ2) is 8.51. The maximum absolute atomic E-state index is 11.4. The molecule has 0 aromatic carbocycles. The number of aliphatic carboxylic acids is 1. The number of rotatable bonds is 8. The van der Waals surface area contributed by atoms with Crippen LogP contribution >= 0.6 is 0 Å². The van der Waals surface area contributed by atoms with Crippen LogP contribution in [0.4, 0.5) is 0 Å². The summed E-state index contributed by atoms with van der Waals surface area (Å²) in [7, 11) is 0. The molecule has 0 spiro atoms. The molecule has 1 unspecified atom stereocenters. The molecule has 0 aliphatic carbocycles. The predicted octanol–water partition coefficient (Wildman–Crippen LogP) is -1.45. The number of hydrogen-bond acceptors (Lipinski definition) is 4. The third kappa shape index (κ3) is 8.21. The third-order valence-electron chi connectivity index (χ3n) is 2.01. The summed E-state index contributed by atoms with van der Waals surface area (Å²) in [5.41, 5.74) is 0. The van der Waals surface area contributed by atoms with Crippen LogP contribution in [0.15, 0.2) is 0 Å². The molecule has 0 aromatic rings. The van der Waals surface area contributed by atoms with Gasteiger partial charge in [0.2, 0.25) is 11.8 Å². The van der Waals surface area contributed by atoms with Crippen LogP contribution in [0.1, 0.15) is 13.8 Å². The summed E-state index contributed by atoms with van der Waals surface area (Å²) < 4.78 is 0. The Labute approximate surface area is 100.0 Å². The molecule has 4 N–H and O–H groups in total. The summed E-state index contributed by atoms with van der Waals surface area (Å²) in [6.07, 6.45) is 0. The van der Waals surface area contributed by atoms with Crippen LogP contribution in [-0.2, 0) is 14.4 Å². The monoisotopic (exact) mass is 245 g/mol. The van der Waals surface area contributed by atoms with Crippen molar-refractivity contribution in [1.82, 2.24) is 16.0 Å². The minimum atomic E-state index is -1.12. The van der Waals surface area contributed by atoms with Crippen LogP contribution in [0.5, 0.6) is 0 Å². The first-order valence-corrected chi connectivity index (χ1v) is 5.44. The van der Waals surface area contributed by atoms with E-state index in [1.807, 2.05) is 6.92 Å². The first kappa shape index (κ1) is 15.4. The van der Waals surface area contributed by atoms with E-state index in [0.29, 0.717) is 6.54 Å². The van der Waals surface area contributed by atoms with Crippen LogP contribution in [0.2, 0.25) is 0 Å². The van der Waals surface area contributed by atoms with Gasteiger partial charge in [0.15, 0.2) is 0 Å². The van der Waals surface area contributed by atoms with Crippen LogP contribution in [0.25, 0.3) is 0 Å². The molecule has 0 saturated heterocycles. The maximum Gasteiger partial charge on any atom is 0.322 e. The number of amides is 2. The fraction of sp³-hybridized carbons (Fsp3) is 0.700. The zero-order valence-electron chi connectivity index (χ0n) is 10.1. The van der Waals surface area contributed by atoms with E-state index in [2.05, 4.69) is 16.0 Å². The minimum absolute atomic E-state index is 0.206. The molecule has 98 valence electrons. The van der Waals surface area contributed by atoms with E-state index < -0.39 is 18.4 Å². The third-order valence-corrected chi connectivity index (χ3v) is 2.01. The Bertz CT molecular complexity index is 281. The second-order valence-electron chi connectivity index (χ2n) is 3.60. The molecule has 0 aliphatic rings. The lowest BCUT2D eigenvalue weighted by atomic mass is 10.1. The summed E-state index contributed by atoms with van der Waals surface area (Å²) in [5, 5.41) is 15.9. The molecule has 0 aromatic heterocycles. The van der Waals surface area contributed by atoms with E-state index in [1.54, 1.807) is 6.92 Å². The van der Waals surface area contributed by atoms with Gasteiger partial charge in [0, 0.05) is 12.5 Å². The minimum Gasteiger partial charge on any atom is -0.480 e. The van der Waals surface area contributed by atoms with E-state index in [9.17, 15) is 14.4 Å². The Morgan fingerprint density at radius 3 is 2.35 bits per heavy atom. The Kier molecular flexibility index (Phi) is 7.70. The van der Waals surface area contributed by atoms with Gasteiger partial charge in [-0.1, -0.05) is 13.8 Å². The molecular formula is C10H19N3O4. The molecule has 0 heterocycles. The summed E-state index contributed by atoms with van der Waals surface area (Å²) in [6, 6.07) is 0. The largest absolute Gasteiger partial charge is 0.480 e. The van der Waals surface area contributed by atoms with E-state index in [0.717, 1.165) is 6.54 Å². The summed E-state index contributed by atoms with van der Waals surface area (Å²) >= 11 is 0. The molecule has 0 fully saturated rings. The smallest absolute Gasteiger partial charge is 0.322 e. The Balaban J connectivity index is 3.75. The van der Waals surface area contributed by atoms with Gasteiger partial charge in [0.25, 0.3) is 0 Å². The zero-order valence-corrected chi connectivity index (χ0v) is 10.1. The quantitative estimate of drug-likeness (QED) is 0.418. The highest BCUT2D eigenvalue weighted by Crippen LogP contribution is 1.91. The molecular weight excluding hydrogens is 226 g/mol. The highest BCUT2D eigenvalue weighted by Gasteiger charge is 2.13. The van der Waals surface area contributed by atoms with Crippen LogP contribution < -0.4 is 16.0 Å². The number of nitrogens with one attached hydrogen (secondary N) is 3. The molecule has 0 aliphatic heterocycles. The fourth-order valence-corrected chi connectivity index (χ4v) is 1.03. The number of hydrogen-bond donors (Lipinski definition) is 4. The van der Waals surface area contributed by atoms with Crippen molar-refractivity contribution >= 4 is 17.8 Å². The van der Waals surface area contributed by atoms with Gasteiger partial charge in [-0.25, -0.2) is 0 Å². The topological polar surface area (TPSA) is 108 Å². The van der Waals surface area contributed by atoms with Gasteiger partial charge in [-0.2, -0.15) is 0 Å². The number of carboxylic acid groups (broad SMARTS) is 1. The standard InChI is InChI=1S/C10H19N3O4/c1-3-11-4-7(2)10(17)13-5-8(14)12-6-9(15)16/h7,11H,3-6H2,1-2H3,(H,12,14)(H,13,17)(H,15,16). The van der Waals surface area contributed by atoms with E-state index in [4.69, 9.17) is 5.11 Å². The van der Waals surface area contributed by atoms with E-state index in [1.165, 1.54) is 0 Å². The lowest BCUT2D eigenvalue weighted by molar-refractivity contribution is -0.137. The number of carboxylic acids is 1. The maximum atomic E-state index is 11.4. The molecule has 1 atom stereocenters. The summed E-state index contributed by atoms with van der Waals surface area (Å²) in [4.78, 5) is 32.7. The van der Waals surface area contributed by atoms with Gasteiger partial charge < -0.3 is 21.1 Å². The fourth-order valence-electron chi connectivity index (χ4n) is 1.03. The van der Waals surface area contributed by atoms with Crippen LogP contribution in [0.3, 0.4) is 0 Å². The van der Waals surface area contributed by atoms with Crippen molar-refractivity contribution in [3.05, 3.63) is 0 Å². The predicted molar refractivity (Wildman–Crippen MR) is 61.4 cm³/mol. The Morgan fingerprint density at radius 2 is 1.82 bits per heavy atom. The Hall–Kier alpha value is -1.63. The molecule has 17 heavy (non-hydrogen) atoms. The first-order chi connectivity index (χ1) is 7.97. The van der Waals surface area contributed by atoms with Crippen molar-refractivity contribution in [2.75, 3.05) is 26.2 Å². The molecule has 0 saturated carbocycles. The van der Waals surface area contributed by atoms with Gasteiger partial charge in [-0.3, -0.25) is 14.4 Å². The highest BCUT2D eigenvalue weighted by atomic mass is 16.4. The normalized spacial score (nSPS) is 11.6. The lowest BCUT2D eigenvalue weighted by Gasteiger charge is -2.12. The van der Waals surface area contributed by atoms with Crippen molar-refractivity contribution in [3.63, 3.8) is 0 Å². The van der Waals surface area contributed by atoms with Crippen LogP contribution in [0, 0.1) is 5.92 Å². The molecule has 0 bridgehead atoms. The van der Waals surface area contributed by atoms with Gasteiger partial charge in [-0.05, 0) is 6.54 Å². The zero-order chi connectivity index (χ0) is 13.3. The van der Waals surface area contributed by atoms with Crippen molar-refractivity contribution in [2.24, 2.45) is 5.92 Å². The average Bonchev–Trinajstić information content (AvgIpc) is 2.30. The number of carbonyl (C=O) groups is 3. The van der Waals surface area contributed by atoms with Crippen molar-refractivity contribution in [2.45, 2.75) is 13.8 Å². The summed E-state index contributed by atoms with van der Waals surface area (Å²) in [6.45, 7) is 4.34. The lowest BCUT2D eigenvalue weighted by Crippen LogP contribution is -2.42. The first-order valence-electron chi connectivity index (χ1n) is 5.44. The van der Waals surface area contributed by atoms with E-state index >= 15 is 0 Å². The molecule has 0 rings (SSSR count).